The average molecular weight is 189 g/mol. The lowest BCUT2D eigenvalue weighted by Gasteiger charge is -1.86. The van der Waals surface area contributed by atoms with E-state index in [-0.39, 0.29) is 0 Å². The van der Waals surface area contributed by atoms with E-state index in [1.165, 1.54) is 17.8 Å². The summed E-state index contributed by atoms with van der Waals surface area (Å²) in [6, 6.07) is 0. The van der Waals surface area contributed by atoms with Crippen LogP contribution in [0.25, 0.3) is 0 Å². The van der Waals surface area contributed by atoms with Crippen molar-refractivity contribution in [3.63, 3.8) is 0 Å². The maximum absolute atomic E-state index is 5.89. The molecule has 1 aliphatic carbocycles. The Hall–Kier alpha value is -0.120. The lowest BCUT2D eigenvalue weighted by Crippen LogP contribution is -1.96. The summed E-state index contributed by atoms with van der Waals surface area (Å²) in [4.78, 5) is 4.35. The molecule has 11 heavy (non-hydrogen) atoms. The second-order valence-electron chi connectivity index (χ2n) is 2.75. The Bertz CT molecular complexity index is 267. The van der Waals surface area contributed by atoms with Gasteiger partial charge in [0.2, 0.25) is 0 Å². The molecule has 0 unspecified atom stereocenters. The van der Waals surface area contributed by atoms with Gasteiger partial charge >= 0.3 is 0 Å². The van der Waals surface area contributed by atoms with E-state index in [0.717, 1.165) is 10.0 Å². The molecule has 0 amide bonds. The summed E-state index contributed by atoms with van der Waals surface area (Å²) in [7, 11) is 0. The number of nitrogens with zero attached hydrogens (tertiary/aromatic N) is 1. The molecule has 0 aromatic carbocycles. The maximum Gasteiger partial charge on any atom is 0.117 e. The average Bonchev–Trinajstić information content (AvgIpc) is 2.76. The van der Waals surface area contributed by atoms with E-state index < -0.39 is 0 Å². The van der Waals surface area contributed by atoms with E-state index in [2.05, 4.69) is 4.98 Å². The van der Waals surface area contributed by atoms with E-state index >= 15 is 0 Å². The predicted octanol–water partition coefficient (Wildman–Crippen LogP) is 2.13. The van der Waals surface area contributed by atoms with E-state index in [1.807, 2.05) is 0 Å². The van der Waals surface area contributed by atoms with Gasteiger partial charge in [-0.25, -0.2) is 4.98 Å². The highest BCUT2D eigenvalue weighted by atomic mass is 35.5. The molecular weight excluding hydrogens is 180 g/mol. The zero-order valence-electron chi connectivity index (χ0n) is 6.01. The third-order valence-electron chi connectivity index (χ3n) is 1.79. The second kappa shape index (κ2) is 2.73. The normalized spacial score (nSPS) is 17.3. The first-order valence-electron chi connectivity index (χ1n) is 3.66. The molecule has 4 heteroatoms. The smallest absolute Gasteiger partial charge is 0.117 e. The van der Waals surface area contributed by atoms with Crippen LogP contribution in [0.2, 0.25) is 4.34 Å². The highest BCUT2D eigenvalue weighted by Crippen LogP contribution is 2.43. The molecule has 0 saturated heterocycles. The van der Waals surface area contributed by atoms with Crippen LogP contribution in [0.1, 0.15) is 29.5 Å². The number of halogens is 1. The molecule has 0 radical (unpaired) electrons. The van der Waals surface area contributed by atoms with Crippen molar-refractivity contribution >= 4 is 22.9 Å². The van der Waals surface area contributed by atoms with Gasteiger partial charge in [0.15, 0.2) is 0 Å². The fourth-order valence-electron chi connectivity index (χ4n) is 0.981. The Balaban J connectivity index is 2.28. The van der Waals surface area contributed by atoms with Gasteiger partial charge in [0, 0.05) is 12.5 Å². The SMILES string of the molecule is NCc1nc(C2CC2)sc1Cl. The number of thiazole rings is 1. The largest absolute Gasteiger partial charge is 0.325 e. The summed E-state index contributed by atoms with van der Waals surface area (Å²) in [5, 5.41) is 1.18. The molecular formula is C7H9ClN2S. The molecule has 1 saturated carbocycles. The summed E-state index contributed by atoms with van der Waals surface area (Å²) < 4.78 is 0.773. The van der Waals surface area contributed by atoms with Crippen LogP contribution >= 0.6 is 22.9 Å². The number of hydrogen-bond donors (Lipinski definition) is 1. The molecule has 0 atom stereocenters. The molecule has 2 rings (SSSR count). The van der Waals surface area contributed by atoms with Gasteiger partial charge < -0.3 is 5.73 Å². The molecule has 1 fully saturated rings. The van der Waals surface area contributed by atoms with Crippen molar-refractivity contribution in [2.75, 3.05) is 0 Å². The van der Waals surface area contributed by atoms with Gasteiger partial charge in [-0.1, -0.05) is 11.6 Å². The monoisotopic (exact) mass is 188 g/mol. The summed E-state index contributed by atoms with van der Waals surface area (Å²) in [6.45, 7) is 0.460. The minimum Gasteiger partial charge on any atom is -0.325 e. The minimum absolute atomic E-state index is 0.460. The highest BCUT2D eigenvalue weighted by Gasteiger charge is 2.27. The van der Waals surface area contributed by atoms with Crippen molar-refractivity contribution in [1.82, 2.24) is 4.98 Å². The third kappa shape index (κ3) is 1.41. The van der Waals surface area contributed by atoms with Crippen molar-refractivity contribution < 1.29 is 0 Å². The molecule has 0 spiro atoms. The van der Waals surface area contributed by atoms with Crippen molar-refractivity contribution in [1.29, 1.82) is 0 Å². The first kappa shape index (κ1) is 7.53. The Labute approximate surface area is 74.4 Å². The molecule has 0 bridgehead atoms. The number of aromatic nitrogens is 1. The third-order valence-corrected chi connectivity index (χ3v) is 3.28. The number of nitrogens with two attached hydrogens (primary N) is 1. The fourth-order valence-corrected chi connectivity index (χ4v) is 2.33. The van der Waals surface area contributed by atoms with Gasteiger partial charge in [-0.05, 0) is 12.8 Å². The van der Waals surface area contributed by atoms with E-state index in [1.54, 1.807) is 11.3 Å². The lowest BCUT2D eigenvalue weighted by molar-refractivity contribution is 0.968. The van der Waals surface area contributed by atoms with Gasteiger partial charge in [0.25, 0.3) is 0 Å². The van der Waals surface area contributed by atoms with Crippen molar-refractivity contribution in [3.8, 4) is 0 Å². The van der Waals surface area contributed by atoms with Gasteiger partial charge in [-0.15, -0.1) is 11.3 Å². The van der Waals surface area contributed by atoms with Crippen molar-refractivity contribution in [3.05, 3.63) is 15.0 Å². The zero-order chi connectivity index (χ0) is 7.84. The van der Waals surface area contributed by atoms with Gasteiger partial charge in [0.1, 0.15) is 4.34 Å². The highest BCUT2D eigenvalue weighted by molar-refractivity contribution is 7.16. The first-order chi connectivity index (χ1) is 5.31. The fraction of sp³-hybridized carbons (Fsp3) is 0.571. The Morgan fingerprint density at radius 2 is 2.36 bits per heavy atom. The lowest BCUT2D eigenvalue weighted by atomic mass is 10.4. The van der Waals surface area contributed by atoms with Crippen LogP contribution in [0, 0.1) is 0 Å². The van der Waals surface area contributed by atoms with Gasteiger partial charge in [-0.3, -0.25) is 0 Å². The molecule has 1 aromatic heterocycles. The molecule has 60 valence electrons. The zero-order valence-corrected chi connectivity index (χ0v) is 7.58. The van der Waals surface area contributed by atoms with Gasteiger partial charge in [0.05, 0.1) is 10.7 Å². The summed E-state index contributed by atoms with van der Waals surface area (Å²) in [6.07, 6.45) is 2.54. The van der Waals surface area contributed by atoms with Crippen LogP contribution in [-0.4, -0.2) is 4.98 Å². The van der Waals surface area contributed by atoms with Crippen molar-refractivity contribution in [2.24, 2.45) is 5.73 Å². The molecule has 1 aliphatic rings. The quantitative estimate of drug-likeness (QED) is 0.773. The molecule has 1 heterocycles. The van der Waals surface area contributed by atoms with Crippen molar-refractivity contribution in [2.45, 2.75) is 25.3 Å². The van der Waals surface area contributed by atoms with Crippen LogP contribution in [0.4, 0.5) is 0 Å². The van der Waals surface area contributed by atoms with Gasteiger partial charge in [-0.2, -0.15) is 0 Å². The molecule has 0 aliphatic heterocycles. The Morgan fingerprint density at radius 3 is 2.82 bits per heavy atom. The Kier molecular flexibility index (Phi) is 1.87. The minimum atomic E-state index is 0.460. The summed E-state index contributed by atoms with van der Waals surface area (Å²) in [5.41, 5.74) is 6.30. The first-order valence-corrected chi connectivity index (χ1v) is 4.86. The number of rotatable bonds is 2. The number of hydrogen-bond acceptors (Lipinski definition) is 3. The van der Waals surface area contributed by atoms with Crippen LogP contribution in [0.15, 0.2) is 0 Å². The molecule has 2 N–H and O–H groups in total. The van der Waals surface area contributed by atoms with Crippen LogP contribution in [0.3, 0.4) is 0 Å². The second-order valence-corrected chi connectivity index (χ2v) is 4.38. The van der Waals surface area contributed by atoms with E-state index in [4.69, 9.17) is 17.3 Å². The Morgan fingerprint density at radius 1 is 1.64 bits per heavy atom. The predicted molar refractivity (Wildman–Crippen MR) is 47.0 cm³/mol. The van der Waals surface area contributed by atoms with E-state index in [0.29, 0.717) is 12.5 Å². The summed E-state index contributed by atoms with van der Waals surface area (Å²) >= 11 is 7.48. The standard InChI is InChI=1S/C7H9ClN2S/c8-6-5(3-9)10-7(11-6)4-1-2-4/h4H,1-3,9H2. The topological polar surface area (TPSA) is 38.9 Å². The summed E-state index contributed by atoms with van der Waals surface area (Å²) in [5.74, 6) is 0.692. The maximum atomic E-state index is 5.89. The van der Waals surface area contributed by atoms with E-state index in [9.17, 15) is 0 Å². The molecule has 1 aromatic rings. The van der Waals surface area contributed by atoms with Crippen LogP contribution in [-0.2, 0) is 6.54 Å². The van der Waals surface area contributed by atoms with Crippen LogP contribution < -0.4 is 5.73 Å². The molecule has 2 nitrogen and oxygen atoms in total. The van der Waals surface area contributed by atoms with Crippen LogP contribution in [0.5, 0.6) is 0 Å².